The number of fused-ring (bicyclic) bond motifs is 1. The van der Waals surface area contributed by atoms with Gasteiger partial charge in [0, 0.05) is 23.9 Å². The Hall–Kier alpha value is -1.36. The van der Waals surface area contributed by atoms with Crippen LogP contribution in [0.1, 0.15) is 58.6 Å². The molecule has 0 spiro atoms. The van der Waals surface area contributed by atoms with Crippen LogP contribution in [-0.2, 0) is 17.6 Å². The molecule has 0 aromatic carbocycles. The number of carbonyl (C=O) groups is 2. The third-order valence-electron chi connectivity index (χ3n) is 4.54. The maximum Gasteiger partial charge on any atom is 0.303 e. The molecule has 5 heteroatoms. The zero-order valence-corrected chi connectivity index (χ0v) is 13.0. The number of thiophene rings is 1. The van der Waals surface area contributed by atoms with E-state index in [0.717, 1.165) is 43.5 Å². The summed E-state index contributed by atoms with van der Waals surface area (Å²) in [5.41, 5.74) is 1.35. The average molecular weight is 307 g/mol. The van der Waals surface area contributed by atoms with Gasteiger partial charge >= 0.3 is 5.97 Å². The van der Waals surface area contributed by atoms with Crippen LogP contribution in [0.2, 0.25) is 0 Å². The lowest BCUT2D eigenvalue weighted by atomic mass is 9.97. The SMILES string of the molecule is O=C(O)CCC1CCCCN1C(=O)c1cc2c(s1)CCC2. The molecule has 114 valence electrons. The minimum absolute atomic E-state index is 0.0966. The fraction of sp³-hybridized carbons (Fsp3) is 0.625. The Bertz CT molecular complexity index is 530. The summed E-state index contributed by atoms with van der Waals surface area (Å²) in [4.78, 5) is 27.7. The van der Waals surface area contributed by atoms with Gasteiger partial charge in [-0.3, -0.25) is 9.59 Å². The maximum atomic E-state index is 12.7. The van der Waals surface area contributed by atoms with Crippen LogP contribution in [0.15, 0.2) is 6.07 Å². The van der Waals surface area contributed by atoms with Gasteiger partial charge in [0.15, 0.2) is 0 Å². The molecule has 1 aliphatic heterocycles. The Kier molecular flexibility index (Phi) is 4.29. The number of carboxylic acids is 1. The largest absolute Gasteiger partial charge is 0.481 e. The highest BCUT2D eigenvalue weighted by Gasteiger charge is 2.29. The van der Waals surface area contributed by atoms with Crippen LogP contribution in [-0.4, -0.2) is 34.5 Å². The van der Waals surface area contributed by atoms with Gasteiger partial charge < -0.3 is 10.0 Å². The molecule has 2 heterocycles. The quantitative estimate of drug-likeness (QED) is 0.930. The number of carbonyl (C=O) groups excluding carboxylic acids is 1. The van der Waals surface area contributed by atoms with Crippen LogP contribution in [0, 0.1) is 0 Å². The summed E-state index contributed by atoms with van der Waals surface area (Å²) in [7, 11) is 0. The predicted octanol–water partition coefficient (Wildman–Crippen LogP) is 3.10. The summed E-state index contributed by atoms with van der Waals surface area (Å²) in [6.07, 6.45) is 7.19. The van der Waals surface area contributed by atoms with Crippen molar-refractivity contribution < 1.29 is 14.7 Å². The lowest BCUT2D eigenvalue weighted by molar-refractivity contribution is -0.137. The number of aryl methyl sites for hydroxylation is 2. The van der Waals surface area contributed by atoms with Crippen molar-refractivity contribution >= 4 is 23.2 Å². The van der Waals surface area contributed by atoms with Crippen molar-refractivity contribution in [3.05, 3.63) is 21.4 Å². The topological polar surface area (TPSA) is 57.6 Å². The minimum Gasteiger partial charge on any atom is -0.481 e. The molecule has 1 amide bonds. The standard InChI is InChI=1S/C16H21NO3S/c18-15(19)8-7-12-5-1-2-9-17(12)16(20)14-10-11-4-3-6-13(11)21-14/h10,12H,1-9H2,(H,18,19). The number of aliphatic carboxylic acids is 1. The van der Waals surface area contributed by atoms with E-state index in [1.165, 1.54) is 16.9 Å². The zero-order valence-electron chi connectivity index (χ0n) is 12.1. The number of rotatable bonds is 4. The molecule has 1 unspecified atom stereocenters. The van der Waals surface area contributed by atoms with E-state index in [-0.39, 0.29) is 18.4 Å². The Morgan fingerprint density at radius 2 is 2.14 bits per heavy atom. The fourth-order valence-electron chi connectivity index (χ4n) is 3.43. The molecule has 3 rings (SSSR count). The molecular weight excluding hydrogens is 286 g/mol. The number of hydrogen-bond acceptors (Lipinski definition) is 3. The lowest BCUT2D eigenvalue weighted by Gasteiger charge is -2.35. The molecule has 0 radical (unpaired) electrons. The highest BCUT2D eigenvalue weighted by atomic mass is 32.1. The molecule has 1 aliphatic carbocycles. The molecule has 21 heavy (non-hydrogen) atoms. The molecule has 2 aliphatic rings. The molecule has 1 fully saturated rings. The third-order valence-corrected chi connectivity index (χ3v) is 5.76. The summed E-state index contributed by atoms with van der Waals surface area (Å²) < 4.78 is 0. The number of amides is 1. The smallest absolute Gasteiger partial charge is 0.303 e. The average Bonchev–Trinajstić information content (AvgIpc) is 3.05. The van der Waals surface area contributed by atoms with Crippen LogP contribution in [0.25, 0.3) is 0 Å². The molecule has 1 saturated heterocycles. The maximum absolute atomic E-state index is 12.7. The van der Waals surface area contributed by atoms with E-state index >= 15 is 0 Å². The summed E-state index contributed by atoms with van der Waals surface area (Å²) in [6, 6.07) is 2.16. The van der Waals surface area contributed by atoms with Crippen molar-refractivity contribution in [2.45, 2.75) is 57.4 Å². The van der Waals surface area contributed by atoms with Gasteiger partial charge in [-0.2, -0.15) is 0 Å². The number of likely N-dealkylation sites (tertiary alicyclic amines) is 1. The van der Waals surface area contributed by atoms with Crippen molar-refractivity contribution in [2.24, 2.45) is 0 Å². The summed E-state index contributed by atoms with van der Waals surface area (Å²) in [5, 5.41) is 8.86. The van der Waals surface area contributed by atoms with Crippen molar-refractivity contribution in [2.75, 3.05) is 6.54 Å². The van der Waals surface area contributed by atoms with E-state index < -0.39 is 5.97 Å². The van der Waals surface area contributed by atoms with Gasteiger partial charge in [-0.1, -0.05) is 0 Å². The van der Waals surface area contributed by atoms with Crippen molar-refractivity contribution in [3.8, 4) is 0 Å². The zero-order chi connectivity index (χ0) is 14.8. The summed E-state index contributed by atoms with van der Waals surface area (Å²) in [5.74, 6) is -0.660. The van der Waals surface area contributed by atoms with Gasteiger partial charge in [-0.15, -0.1) is 11.3 Å². The van der Waals surface area contributed by atoms with Crippen LogP contribution < -0.4 is 0 Å². The van der Waals surface area contributed by atoms with Gasteiger partial charge in [0.1, 0.15) is 0 Å². The van der Waals surface area contributed by atoms with Gasteiger partial charge in [-0.25, -0.2) is 0 Å². The van der Waals surface area contributed by atoms with E-state index in [4.69, 9.17) is 5.11 Å². The monoisotopic (exact) mass is 307 g/mol. The molecule has 4 nitrogen and oxygen atoms in total. The van der Waals surface area contributed by atoms with Gasteiger partial charge in [0.05, 0.1) is 4.88 Å². The predicted molar refractivity (Wildman–Crippen MR) is 81.9 cm³/mol. The van der Waals surface area contributed by atoms with Gasteiger partial charge in [-0.05, 0) is 56.6 Å². The van der Waals surface area contributed by atoms with E-state index in [1.807, 2.05) is 4.90 Å². The fourth-order valence-corrected chi connectivity index (χ4v) is 4.64. The lowest BCUT2D eigenvalue weighted by Crippen LogP contribution is -2.43. The van der Waals surface area contributed by atoms with Crippen LogP contribution in [0.5, 0.6) is 0 Å². The number of hydrogen-bond donors (Lipinski definition) is 1. The van der Waals surface area contributed by atoms with Gasteiger partial charge in [0.2, 0.25) is 0 Å². The first kappa shape index (κ1) is 14.6. The first-order valence-electron chi connectivity index (χ1n) is 7.79. The molecular formula is C16H21NO3S. The van der Waals surface area contributed by atoms with Crippen LogP contribution >= 0.6 is 11.3 Å². The highest BCUT2D eigenvalue weighted by Crippen LogP contribution is 2.32. The normalized spacial score (nSPS) is 21.3. The van der Waals surface area contributed by atoms with E-state index in [2.05, 4.69) is 6.07 Å². The Morgan fingerprint density at radius 1 is 1.29 bits per heavy atom. The second-order valence-corrected chi connectivity index (χ2v) is 7.13. The number of piperidine rings is 1. The Labute approximate surface area is 128 Å². The first-order chi connectivity index (χ1) is 10.1. The number of carboxylic acid groups (broad SMARTS) is 1. The molecule has 0 bridgehead atoms. The summed E-state index contributed by atoms with van der Waals surface area (Å²) in [6.45, 7) is 0.770. The second-order valence-electron chi connectivity index (χ2n) is 5.99. The van der Waals surface area contributed by atoms with Crippen molar-refractivity contribution in [3.63, 3.8) is 0 Å². The first-order valence-corrected chi connectivity index (χ1v) is 8.61. The minimum atomic E-state index is -0.775. The highest BCUT2D eigenvalue weighted by molar-refractivity contribution is 7.14. The van der Waals surface area contributed by atoms with Crippen molar-refractivity contribution in [1.29, 1.82) is 0 Å². The second kappa shape index (κ2) is 6.18. The van der Waals surface area contributed by atoms with E-state index in [9.17, 15) is 9.59 Å². The molecule has 1 N–H and O–H groups in total. The number of nitrogens with zero attached hydrogens (tertiary/aromatic N) is 1. The Balaban J connectivity index is 1.72. The van der Waals surface area contributed by atoms with E-state index in [0.29, 0.717) is 6.42 Å². The Morgan fingerprint density at radius 3 is 2.90 bits per heavy atom. The van der Waals surface area contributed by atoms with E-state index in [1.54, 1.807) is 11.3 Å². The van der Waals surface area contributed by atoms with Crippen molar-refractivity contribution in [1.82, 2.24) is 4.90 Å². The summed E-state index contributed by atoms with van der Waals surface area (Å²) >= 11 is 1.64. The molecule has 1 aromatic rings. The molecule has 1 aromatic heterocycles. The van der Waals surface area contributed by atoms with Gasteiger partial charge in [0.25, 0.3) is 5.91 Å². The van der Waals surface area contributed by atoms with Crippen LogP contribution in [0.4, 0.5) is 0 Å². The molecule has 1 atom stereocenters. The molecule has 0 saturated carbocycles. The van der Waals surface area contributed by atoms with Crippen LogP contribution in [0.3, 0.4) is 0 Å². The third kappa shape index (κ3) is 3.12.